The Bertz CT molecular complexity index is 795. The van der Waals surface area contributed by atoms with Crippen LogP contribution in [0.25, 0.3) is 11.3 Å². The van der Waals surface area contributed by atoms with Gasteiger partial charge in [0, 0.05) is 25.4 Å². The zero-order valence-corrected chi connectivity index (χ0v) is 13.0. The maximum absolute atomic E-state index is 12.4. The molecule has 0 bridgehead atoms. The number of amides is 1. The van der Waals surface area contributed by atoms with Crippen molar-refractivity contribution >= 4 is 11.7 Å². The van der Waals surface area contributed by atoms with Gasteiger partial charge < -0.3 is 0 Å². The Morgan fingerprint density at radius 3 is 2.52 bits per heavy atom. The van der Waals surface area contributed by atoms with E-state index in [0.717, 1.165) is 17.8 Å². The van der Waals surface area contributed by atoms with Crippen LogP contribution in [0, 0.1) is 0 Å². The van der Waals surface area contributed by atoms with Crippen molar-refractivity contribution in [3.05, 3.63) is 60.4 Å². The largest absolute Gasteiger partial charge is 0.294 e. The quantitative estimate of drug-likeness (QED) is 0.743. The lowest BCUT2D eigenvalue weighted by Crippen LogP contribution is -2.27. The lowest BCUT2D eigenvalue weighted by Gasteiger charge is -2.14. The highest BCUT2D eigenvalue weighted by Gasteiger charge is 2.16. The third kappa shape index (κ3) is 3.11. The van der Waals surface area contributed by atoms with Crippen LogP contribution >= 0.6 is 0 Å². The van der Waals surface area contributed by atoms with E-state index in [1.807, 2.05) is 43.3 Å². The minimum atomic E-state index is -0.161. The van der Waals surface area contributed by atoms with E-state index in [9.17, 15) is 4.79 Å². The maximum atomic E-state index is 12.4. The van der Waals surface area contributed by atoms with E-state index in [0.29, 0.717) is 11.4 Å². The fourth-order valence-electron chi connectivity index (χ4n) is 2.21. The van der Waals surface area contributed by atoms with Gasteiger partial charge in [-0.15, -0.1) is 10.2 Å². The molecule has 0 aliphatic carbocycles. The molecule has 0 saturated heterocycles. The Kier molecular flexibility index (Phi) is 4.14. The monoisotopic (exact) mass is 307 g/mol. The molecule has 0 aliphatic rings. The molecule has 23 heavy (non-hydrogen) atoms. The van der Waals surface area contributed by atoms with Crippen LogP contribution in [0.4, 0.5) is 5.82 Å². The first-order valence-electron chi connectivity index (χ1n) is 7.38. The summed E-state index contributed by atoms with van der Waals surface area (Å²) in [5.74, 6) is 0.338. The molecular formula is C17H17N5O. The molecule has 6 heteroatoms. The van der Waals surface area contributed by atoms with Gasteiger partial charge in [-0.1, -0.05) is 30.3 Å². The topological polar surface area (TPSA) is 63.9 Å². The minimum absolute atomic E-state index is 0.161. The van der Waals surface area contributed by atoms with Crippen molar-refractivity contribution in [2.45, 2.75) is 13.5 Å². The highest BCUT2D eigenvalue weighted by molar-refractivity contribution is 6.04. The van der Waals surface area contributed by atoms with Crippen molar-refractivity contribution in [2.24, 2.45) is 0 Å². The number of hydrogen-bond acceptors (Lipinski definition) is 4. The van der Waals surface area contributed by atoms with Crippen LogP contribution in [-0.2, 0) is 6.54 Å². The normalized spacial score (nSPS) is 10.5. The van der Waals surface area contributed by atoms with E-state index >= 15 is 0 Å². The van der Waals surface area contributed by atoms with Crippen LogP contribution in [0.1, 0.15) is 17.3 Å². The van der Waals surface area contributed by atoms with Crippen molar-refractivity contribution < 1.29 is 4.79 Å². The molecule has 1 amide bonds. The fourth-order valence-corrected chi connectivity index (χ4v) is 2.21. The zero-order chi connectivity index (χ0) is 16.2. The van der Waals surface area contributed by atoms with Gasteiger partial charge in [-0.05, 0) is 19.1 Å². The molecule has 3 rings (SSSR count). The van der Waals surface area contributed by atoms with Crippen molar-refractivity contribution in [1.82, 2.24) is 20.0 Å². The van der Waals surface area contributed by atoms with Crippen molar-refractivity contribution in [2.75, 3.05) is 11.9 Å². The smallest absolute Gasteiger partial charge is 0.262 e. The Morgan fingerprint density at radius 1 is 1.13 bits per heavy atom. The molecule has 6 nitrogen and oxygen atoms in total. The molecule has 116 valence electrons. The molecule has 0 atom stereocenters. The van der Waals surface area contributed by atoms with Crippen LogP contribution < -0.4 is 4.90 Å². The second-order valence-corrected chi connectivity index (χ2v) is 5.09. The van der Waals surface area contributed by atoms with E-state index in [4.69, 9.17) is 0 Å². The SMILES string of the molecule is CCn1cc(C(=O)N(C)c2ccc(-c3ccccc3)nn2)cn1. The summed E-state index contributed by atoms with van der Waals surface area (Å²) < 4.78 is 1.71. The molecule has 0 saturated carbocycles. The van der Waals surface area contributed by atoms with Crippen LogP contribution in [-0.4, -0.2) is 32.9 Å². The zero-order valence-electron chi connectivity index (χ0n) is 13.0. The predicted molar refractivity (Wildman–Crippen MR) is 88.1 cm³/mol. The van der Waals surface area contributed by atoms with Gasteiger partial charge in [0.05, 0.1) is 17.5 Å². The highest BCUT2D eigenvalue weighted by Crippen LogP contribution is 2.18. The Morgan fingerprint density at radius 2 is 1.91 bits per heavy atom. The summed E-state index contributed by atoms with van der Waals surface area (Å²) in [5.41, 5.74) is 2.29. The van der Waals surface area contributed by atoms with Gasteiger partial charge in [0.25, 0.3) is 5.91 Å². The molecule has 0 aliphatic heterocycles. The van der Waals surface area contributed by atoms with Crippen molar-refractivity contribution in [3.63, 3.8) is 0 Å². The number of hydrogen-bond donors (Lipinski definition) is 0. The lowest BCUT2D eigenvalue weighted by molar-refractivity contribution is 0.0992. The standard InChI is InChI=1S/C17H17N5O/c1-3-22-12-14(11-18-22)17(23)21(2)16-10-9-15(19-20-16)13-7-5-4-6-8-13/h4-12H,3H2,1-2H3. The van der Waals surface area contributed by atoms with Gasteiger partial charge in [-0.25, -0.2) is 0 Å². The van der Waals surface area contributed by atoms with E-state index < -0.39 is 0 Å². The fraction of sp³-hybridized carbons (Fsp3) is 0.176. The van der Waals surface area contributed by atoms with Crippen LogP contribution in [0.3, 0.4) is 0 Å². The molecule has 3 aromatic rings. The molecule has 0 spiro atoms. The van der Waals surface area contributed by atoms with Crippen molar-refractivity contribution in [3.8, 4) is 11.3 Å². The van der Waals surface area contributed by atoms with E-state index in [1.54, 1.807) is 30.2 Å². The first kappa shape index (κ1) is 14.9. The number of carbonyl (C=O) groups is 1. The average molecular weight is 307 g/mol. The number of rotatable bonds is 4. The van der Waals surface area contributed by atoms with Gasteiger partial charge in [0.1, 0.15) is 0 Å². The van der Waals surface area contributed by atoms with Gasteiger partial charge in [-0.3, -0.25) is 14.4 Å². The summed E-state index contributed by atoms with van der Waals surface area (Å²) in [6.45, 7) is 2.70. The molecular weight excluding hydrogens is 290 g/mol. The van der Waals surface area contributed by atoms with E-state index in [-0.39, 0.29) is 5.91 Å². The summed E-state index contributed by atoms with van der Waals surface area (Å²) >= 11 is 0. The number of carbonyl (C=O) groups excluding carboxylic acids is 1. The molecule has 2 aromatic heterocycles. The molecule has 1 aromatic carbocycles. The number of aromatic nitrogens is 4. The summed E-state index contributed by atoms with van der Waals surface area (Å²) in [4.78, 5) is 13.9. The highest BCUT2D eigenvalue weighted by atomic mass is 16.2. The van der Waals surface area contributed by atoms with Gasteiger partial charge >= 0.3 is 0 Å². The average Bonchev–Trinajstić information content (AvgIpc) is 3.10. The first-order valence-corrected chi connectivity index (χ1v) is 7.38. The minimum Gasteiger partial charge on any atom is -0.294 e. The maximum Gasteiger partial charge on any atom is 0.262 e. The van der Waals surface area contributed by atoms with Gasteiger partial charge in [-0.2, -0.15) is 5.10 Å². The Hall–Kier alpha value is -3.02. The summed E-state index contributed by atoms with van der Waals surface area (Å²) in [6.07, 6.45) is 3.29. The Labute approximate surface area is 134 Å². The third-order valence-corrected chi connectivity index (χ3v) is 3.57. The molecule has 0 fully saturated rings. The van der Waals surface area contributed by atoms with E-state index in [2.05, 4.69) is 15.3 Å². The second-order valence-electron chi connectivity index (χ2n) is 5.09. The third-order valence-electron chi connectivity index (χ3n) is 3.57. The number of nitrogens with zero attached hydrogens (tertiary/aromatic N) is 5. The van der Waals surface area contributed by atoms with Gasteiger partial charge in [0.15, 0.2) is 5.82 Å². The Balaban J connectivity index is 1.80. The van der Waals surface area contributed by atoms with Crippen LogP contribution in [0.5, 0.6) is 0 Å². The number of benzene rings is 1. The number of anilines is 1. The number of aryl methyl sites for hydroxylation is 1. The molecule has 0 unspecified atom stereocenters. The predicted octanol–water partition coefficient (Wildman–Crippen LogP) is 2.64. The summed E-state index contributed by atoms with van der Waals surface area (Å²) in [5, 5.41) is 12.5. The first-order chi connectivity index (χ1) is 11.2. The molecule has 2 heterocycles. The lowest BCUT2D eigenvalue weighted by atomic mass is 10.1. The molecule has 0 radical (unpaired) electrons. The van der Waals surface area contributed by atoms with Crippen molar-refractivity contribution in [1.29, 1.82) is 0 Å². The second kappa shape index (κ2) is 6.39. The summed E-state index contributed by atoms with van der Waals surface area (Å²) in [6, 6.07) is 13.4. The van der Waals surface area contributed by atoms with Gasteiger partial charge in [0.2, 0.25) is 0 Å². The van der Waals surface area contributed by atoms with E-state index in [1.165, 1.54) is 4.90 Å². The van der Waals surface area contributed by atoms with Crippen LogP contribution in [0.15, 0.2) is 54.9 Å². The van der Waals surface area contributed by atoms with Crippen LogP contribution in [0.2, 0.25) is 0 Å². The molecule has 0 N–H and O–H groups in total. The summed E-state index contributed by atoms with van der Waals surface area (Å²) in [7, 11) is 1.68.